The van der Waals surface area contributed by atoms with Crippen molar-refractivity contribution < 1.29 is 19.1 Å². The number of carbonyl (C=O) groups is 3. The molecule has 39 heavy (non-hydrogen) atoms. The molecule has 1 aromatic carbocycles. The summed E-state index contributed by atoms with van der Waals surface area (Å²) in [5.74, 6) is 0.286. The van der Waals surface area contributed by atoms with Gasteiger partial charge < -0.3 is 10.1 Å². The van der Waals surface area contributed by atoms with E-state index in [1.807, 2.05) is 57.2 Å². The summed E-state index contributed by atoms with van der Waals surface area (Å²) in [5, 5.41) is 6.34. The summed E-state index contributed by atoms with van der Waals surface area (Å²) in [6.07, 6.45) is 3.53. The van der Waals surface area contributed by atoms with Crippen LogP contribution in [-0.4, -0.2) is 29.7 Å². The van der Waals surface area contributed by atoms with E-state index >= 15 is 0 Å². The lowest BCUT2D eigenvalue weighted by atomic mass is 9.65. The number of rotatable bonds is 6. The van der Waals surface area contributed by atoms with Gasteiger partial charge in [-0.25, -0.2) is 4.79 Å². The third kappa shape index (κ3) is 6.06. The number of hydrogen-bond acceptors (Lipinski definition) is 6. The number of ketones is 2. The smallest absolute Gasteiger partial charge is 0.324 e. The van der Waals surface area contributed by atoms with Crippen molar-refractivity contribution in [1.29, 1.82) is 0 Å². The summed E-state index contributed by atoms with van der Waals surface area (Å²) in [6.45, 7) is 11.9. The van der Waals surface area contributed by atoms with E-state index in [1.165, 1.54) is 11.3 Å². The Morgan fingerprint density at radius 3 is 2.49 bits per heavy atom. The van der Waals surface area contributed by atoms with Crippen LogP contribution in [0.1, 0.15) is 74.7 Å². The molecular weight excluding hydrogens is 510 g/mol. The molecule has 1 fully saturated rings. The molecule has 0 spiro atoms. The fourth-order valence-corrected chi connectivity index (χ4v) is 6.04. The fourth-order valence-electron chi connectivity index (χ4n) is 4.93. The van der Waals surface area contributed by atoms with Gasteiger partial charge in [0.05, 0.1) is 24.6 Å². The number of thiophene rings is 1. The molecule has 3 aromatic rings. The second-order valence-corrected chi connectivity index (χ2v) is 12.8. The molecule has 0 radical (unpaired) electrons. The highest BCUT2D eigenvalue weighted by Gasteiger charge is 2.44. The van der Waals surface area contributed by atoms with Gasteiger partial charge in [-0.2, -0.15) is 0 Å². The molecule has 1 unspecified atom stereocenters. The van der Waals surface area contributed by atoms with Crippen molar-refractivity contribution in [2.75, 3.05) is 17.7 Å². The third-order valence-electron chi connectivity index (χ3n) is 7.51. The molecule has 206 valence electrons. The summed E-state index contributed by atoms with van der Waals surface area (Å²) in [7, 11) is 1.59. The Hall–Kier alpha value is -3.52. The van der Waals surface area contributed by atoms with Crippen LogP contribution in [0.5, 0.6) is 5.75 Å². The quantitative estimate of drug-likeness (QED) is 0.309. The van der Waals surface area contributed by atoms with Crippen molar-refractivity contribution in [3.8, 4) is 17.0 Å². The van der Waals surface area contributed by atoms with Gasteiger partial charge in [-0.3, -0.25) is 19.9 Å². The van der Waals surface area contributed by atoms with Crippen LogP contribution >= 0.6 is 11.3 Å². The van der Waals surface area contributed by atoms with E-state index in [0.717, 1.165) is 21.7 Å². The number of methoxy groups -OCH3 is 1. The van der Waals surface area contributed by atoms with Gasteiger partial charge in [0.2, 0.25) is 0 Å². The standard InChI is InChI=1S/C31H37N3O4S/c1-18-11-12-19(15-21(18)24-14-13-20(38-7)17-32-24)33-29(37)34-28-22(16-26(39-28)30(2,3)4)27(36)23-9-8-10-25(35)31(23,5)6/h11-17,23H,8-10H2,1-7H3,(H2,33,34,37). The first-order valence-corrected chi connectivity index (χ1v) is 14.0. The van der Waals surface area contributed by atoms with Crippen LogP contribution < -0.4 is 15.4 Å². The first-order valence-electron chi connectivity index (χ1n) is 13.2. The first-order chi connectivity index (χ1) is 18.3. The molecule has 2 amide bonds. The molecule has 0 aliphatic heterocycles. The van der Waals surface area contributed by atoms with Gasteiger partial charge in [-0.1, -0.05) is 40.7 Å². The second-order valence-electron chi connectivity index (χ2n) is 11.7. The van der Waals surface area contributed by atoms with E-state index < -0.39 is 17.4 Å². The Kier molecular flexibility index (Phi) is 7.98. The van der Waals surface area contributed by atoms with Crippen molar-refractivity contribution in [2.45, 2.75) is 66.2 Å². The highest BCUT2D eigenvalue weighted by atomic mass is 32.1. The minimum Gasteiger partial charge on any atom is -0.495 e. The number of urea groups is 1. The predicted octanol–water partition coefficient (Wildman–Crippen LogP) is 7.65. The Balaban J connectivity index is 1.59. The number of ether oxygens (including phenoxy) is 1. The zero-order valence-corrected chi connectivity index (χ0v) is 24.5. The number of anilines is 2. The van der Waals surface area contributed by atoms with Crippen LogP contribution in [0.2, 0.25) is 0 Å². The molecule has 2 aromatic heterocycles. The molecule has 7 nitrogen and oxygen atoms in total. The lowest BCUT2D eigenvalue weighted by Gasteiger charge is -2.36. The molecule has 4 rings (SSSR count). The van der Waals surface area contributed by atoms with Crippen molar-refractivity contribution in [3.63, 3.8) is 0 Å². The van der Waals surface area contributed by atoms with Crippen LogP contribution in [0.4, 0.5) is 15.5 Å². The topological polar surface area (TPSA) is 97.4 Å². The number of carbonyl (C=O) groups excluding carboxylic acids is 3. The first kappa shape index (κ1) is 28.5. The Labute approximate surface area is 234 Å². The van der Waals surface area contributed by atoms with Gasteiger partial charge in [0.25, 0.3) is 0 Å². The summed E-state index contributed by atoms with van der Waals surface area (Å²) in [5.41, 5.74) is 2.82. The molecule has 2 heterocycles. The van der Waals surface area contributed by atoms with Crippen LogP contribution in [0.25, 0.3) is 11.3 Å². The number of nitrogens with zero attached hydrogens (tertiary/aromatic N) is 1. The number of pyridine rings is 1. The van der Waals surface area contributed by atoms with Crippen molar-refractivity contribution in [3.05, 3.63) is 58.6 Å². The van der Waals surface area contributed by atoms with Crippen molar-refractivity contribution in [2.24, 2.45) is 11.3 Å². The Morgan fingerprint density at radius 1 is 1.10 bits per heavy atom. The Bertz CT molecular complexity index is 1400. The van der Waals surface area contributed by atoms with E-state index in [1.54, 1.807) is 13.3 Å². The number of nitrogens with one attached hydrogen (secondary N) is 2. The van der Waals surface area contributed by atoms with Crippen LogP contribution in [0, 0.1) is 18.3 Å². The number of aryl methyl sites for hydroxylation is 1. The molecule has 1 aliphatic rings. The minimum atomic E-state index is -0.730. The average Bonchev–Trinajstić information content (AvgIpc) is 3.31. The minimum absolute atomic E-state index is 0.0849. The van der Waals surface area contributed by atoms with Gasteiger partial charge in [-0.15, -0.1) is 11.3 Å². The molecule has 0 saturated heterocycles. The van der Waals surface area contributed by atoms with E-state index in [0.29, 0.717) is 41.3 Å². The Morgan fingerprint density at radius 2 is 1.85 bits per heavy atom. The summed E-state index contributed by atoms with van der Waals surface area (Å²) >= 11 is 1.40. The molecular formula is C31H37N3O4S. The van der Waals surface area contributed by atoms with Crippen molar-refractivity contribution >= 4 is 39.6 Å². The van der Waals surface area contributed by atoms with E-state index in [9.17, 15) is 14.4 Å². The van der Waals surface area contributed by atoms with E-state index in [4.69, 9.17) is 4.74 Å². The lowest BCUT2D eigenvalue weighted by molar-refractivity contribution is -0.131. The predicted molar refractivity (Wildman–Crippen MR) is 157 cm³/mol. The van der Waals surface area contributed by atoms with Gasteiger partial charge in [-0.05, 0) is 61.1 Å². The van der Waals surface area contributed by atoms with Crippen LogP contribution in [0.3, 0.4) is 0 Å². The summed E-state index contributed by atoms with van der Waals surface area (Å²) in [6, 6.07) is 10.8. The fraction of sp³-hybridized carbons (Fsp3) is 0.419. The van der Waals surface area contributed by atoms with Gasteiger partial charge >= 0.3 is 6.03 Å². The molecule has 0 bridgehead atoms. The maximum absolute atomic E-state index is 13.8. The monoisotopic (exact) mass is 547 g/mol. The van der Waals surface area contributed by atoms with Crippen LogP contribution in [0.15, 0.2) is 42.6 Å². The normalized spacial score (nSPS) is 17.0. The number of aromatic nitrogens is 1. The van der Waals surface area contributed by atoms with Gasteiger partial charge in [0.15, 0.2) is 5.78 Å². The highest BCUT2D eigenvalue weighted by Crippen LogP contribution is 2.43. The van der Waals surface area contributed by atoms with Gasteiger partial charge in [0, 0.05) is 33.9 Å². The van der Waals surface area contributed by atoms with E-state index in [-0.39, 0.29) is 17.0 Å². The largest absolute Gasteiger partial charge is 0.495 e. The van der Waals surface area contributed by atoms with E-state index in [2.05, 4.69) is 36.4 Å². The highest BCUT2D eigenvalue weighted by molar-refractivity contribution is 7.16. The lowest BCUT2D eigenvalue weighted by Crippen LogP contribution is -2.41. The number of benzene rings is 1. The van der Waals surface area contributed by atoms with Crippen molar-refractivity contribution in [1.82, 2.24) is 4.98 Å². The third-order valence-corrected chi connectivity index (χ3v) is 8.99. The molecule has 8 heteroatoms. The number of hydrogen-bond donors (Lipinski definition) is 2. The zero-order chi connectivity index (χ0) is 28.5. The maximum atomic E-state index is 13.8. The zero-order valence-electron chi connectivity index (χ0n) is 23.7. The molecule has 1 aliphatic carbocycles. The molecule has 2 N–H and O–H groups in total. The average molecular weight is 548 g/mol. The summed E-state index contributed by atoms with van der Waals surface area (Å²) < 4.78 is 5.21. The maximum Gasteiger partial charge on any atom is 0.324 e. The van der Waals surface area contributed by atoms with Crippen LogP contribution in [-0.2, 0) is 10.2 Å². The SMILES string of the molecule is COc1ccc(-c2cc(NC(=O)Nc3sc(C(C)(C)C)cc3C(=O)C3CCCC(=O)C3(C)C)ccc2C)nc1. The summed E-state index contributed by atoms with van der Waals surface area (Å²) in [4.78, 5) is 45.1. The molecule has 1 atom stereocenters. The molecule has 1 saturated carbocycles. The van der Waals surface area contributed by atoms with Gasteiger partial charge in [0.1, 0.15) is 16.5 Å². The second kappa shape index (κ2) is 10.9. The number of amides is 2. The number of Topliss-reactive ketones (excluding diaryl/α,β-unsaturated/α-hetero) is 2.